The molecule has 0 aliphatic heterocycles. The van der Waals surface area contributed by atoms with Crippen molar-refractivity contribution < 1.29 is 68.4 Å². The first kappa shape index (κ1) is 50.2. The number of carbonyl (C=O) groups excluding carboxylic acids is 7. The number of aliphatic carboxylic acids is 3. The lowest BCUT2D eigenvalue weighted by Crippen LogP contribution is -2.60. The lowest BCUT2D eigenvalue weighted by molar-refractivity contribution is -0.143. The van der Waals surface area contributed by atoms with Crippen molar-refractivity contribution in [3.05, 3.63) is 71.8 Å². The number of hydrogen-bond donors (Lipinski definition) is 11. The van der Waals surface area contributed by atoms with E-state index >= 15 is 0 Å². The van der Waals surface area contributed by atoms with Crippen molar-refractivity contribution in [1.82, 2.24) is 37.2 Å². The Morgan fingerprint density at radius 2 is 0.984 bits per heavy atom. The third-order valence-corrected chi connectivity index (χ3v) is 8.82. The number of carboxylic acids is 3. The van der Waals surface area contributed by atoms with E-state index in [-0.39, 0.29) is 18.8 Å². The summed E-state index contributed by atoms with van der Waals surface area (Å²) in [5, 5.41) is 55.2. The van der Waals surface area contributed by atoms with Crippen molar-refractivity contribution in [3.8, 4) is 0 Å². The summed E-state index contributed by atoms with van der Waals surface area (Å²) in [5.74, 6) is -11.9. The highest BCUT2D eigenvalue weighted by atomic mass is 16.4. The summed E-state index contributed by atoms with van der Waals surface area (Å²) in [5.41, 5.74) is 0.900. The molecule has 21 heteroatoms. The predicted molar refractivity (Wildman–Crippen MR) is 214 cm³/mol. The van der Waals surface area contributed by atoms with Gasteiger partial charge in [0.15, 0.2) is 0 Å². The van der Waals surface area contributed by atoms with Crippen molar-refractivity contribution in [3.63, 3.8) is 0 Å². The second kappa shape index (κ2) is 24.2. The van der Waals surface area contributed by atoms with E-state index < -0.39 is 120 Å². The smallest absolute Gasteiger partial charge is 0.326 e. The van der Waals surface area contributed by atoms with E-state index in [2.05, 4.69) is 37.2 Å². The standard InChI is InChI=1S/C40H53N7O14/c1-20(2)16-26(45-38(58)32(22(4)48)47-39(59)33(42-23(5)49)25-14-10-7-11-15-25)36(56)44-27(18-30(50)51)35(55)41-21(3)34(54)43-28(19-31(52)53)37(57)46-29(40(60)61)17-24-12-8-6-9-13-24/h6-15,20-22,26-29,32-33,48H,16-19H2,1-5H3,(H,41,55)(H,42,49)(H,43,54)(H,44,56)(H,45,58)(H,46,57)(H,47,59)(H,50,51)(H,52,53)(H,60,61)/t21-,22-,26-,27-,28-,29-,32-,33-/m0/s1. The van der Waals surface area contributed by atoms with Gasteiger partial charge in [0.1, 0.15) is 42.3 Å². The van der Waals surface area contributed by atoms with Crippen LogP contribution in [0.25, 0.3) is 0 Å². The fourth-order valence-electron chi connectivity index (χ4n) is 5.79. The van der Waals surface area contributed by atoms with Crippen LogP contribution < -0.4 is 37.2 Å². The zero-order valence-electron chi connectivity index (χ0n) is 34.2. The number of hydrogen-bond acceptors (Lipinski definition) is 11. The third kappa shape index (κ3) is 17.5. The first-order valence-electron chi connectivity index (χ1n) is 19.1. The van der Waals surface area contributed by atoms with Gasteiger partial charge in [-0.15, -0.1) is 0 Å². The molecular weight excluding hydrogens is 802 g/mol. The Bertz CT molecular complexity index is 1890. The van der Waals surface area contributed by atoms with Gasteiger partial charge >= 0.3 is 17.9 Å². The summed E-state index contributed by atoms with van der Waals surface area (Å²) in [6, 6.07) is 5.04. The molecule has 0 aromatic heterocycles. The quantitative estimate of drug-likeness (QED) is 0.0573. The molecule has 0 aliphatic rings. The van der Waals surface area contributed by atoms with Crippen LogP contribution in [0.3, 0.4) is 0 Å². The number of rotatable bonds is 24. The Balaban J connectivity index is 2.22. The van der Waals surface area contributed by atoms with Crippen LogP contribution in [0.1, 0.15) is 71.0 Å². The molecule has 0 spiro atoms. The molecule has 0 saturated heterocycles. The second-order valence-corrected chi connectivity index (χ2v) is 14.6. The molecule has 0 bridgehead atoms. The molecule has 0 saturated carbocycles. The fourth-order valence-corrected chi connectivity index (χ4v) is 5.79. The van der Waals surface area contributed by atoms with E-state index in [1.54, 1.807) is 74.5 Å². The summed E-state index contributed by atoms with van der Waals surface area (Å²) in [6.45, 7) is 6.85. The summed E-state index contributed by atoms with van der Waals surface area (Å²) < 4.78 is 0. The van der Waals surface area contributed by atoms with Gasteiger partial charge in [0.25, 0.3) is 0 Å². The number of amides is 7. The van der Waals surface area contributed by atoms with Crippen molar-refractivity contribution in [2.45, 2.75) is 109 Å². The Labute approximate surface area is 350 Å². The fraction of sp³-hybridized carbons (Fsp3) is 0.450. The summed E-state index contributed by atoms with van der Waals surface area (Å²) in [6.07, 6.45) is -3.80. The van der Waals surface area contributed by atoms with Crippen molar-refractivity contribution >= 4 is 59.3 Å². The molecule has 0 radical (unpaired) electrons. The van der Waals surface area contributed by atoms with Gasteiger partial charge in [-0.05, 0) is 37.3 Å². The van der Waals surface area contributed by atoms with Crippen molar-refractivity contribution in [2.24, 2.45) is 5.92 Å². The lowest BCUT2D eigenvalue weighted by atomic mass is 10.0. The van der Waals surface area contributed by atoms with Crippen LogP contribution in [0.15, 0.2) is 60.7 Å². The Kier molecular flexibility index (Phi) is 20.0. The SMILES string of the molecule is CC(=O)N[C@H](C(=O)N[C@H](C(=O)N[C@@H](CC(C)C)C(=O)N[C@@H](CC(=O)O)C(=O)N[C@@H](C)C(=O)N[C@@H](CC(=O)O)C(=O)N[C@@H](Cc1ccccc1)C(=O)O)[C@H](C)O)c1ccccc1. The molecule has 21 nitrogen and oxygen atoms in total. The average molecular weight is 856 g/mol. The lowest BCUT2D eigenvalue weighted by Gasteiger charge is -2.28. The molecule has 0 unspecified atom stereocenters. The predicted octanol–water partition coefficient (Wildman–Crippen LogP) is -1.50. The van der Waals surface area contributed by atoms with Crippen LogP contribution in [-0.2, 0) is 54.4 Å². The van der Waals surface area contributed by atoms with E-state index in [0.29, 0.717) is 11.1 Å². The summed E-state index contributed by atoms with van der Waals surface area (Å²) in [4.78, 5) is 127. The van der Waals surface area contributed by atoms with E-state index in [1.807, 2.05) is 0 Å². The maximum absolute atomic E-state index is 13.6. The monoisotopic (exact) mass is 855 g/mol. The zero-order valence-corrected chi connectivity index (χ0v) is 34.2. The topological polar surface area (TPSA) is 336 Å². The van der Waals surface area contributed by atoms with E-state index in [0.717, 1.165) is 6.92 Å². The van der Waals surface area contributed by atoms with E-state index in [9.17, 15) is 68.4 Å². The number of carboxylic acid groups (broad SMARTS) is 3. The third-order valence-electron chi connectivity index (χ3n) is 8.82. The first-order chi connectivity index (χ1) is 28.6. The minimum absolute atomic E-state index is 0.0854. The van der Waals surface area contributed by atoms with Gasteiger partial charge in [-0.2, -0.15) is 0 Å². The molecule has 332 valence electrons. The van der Waals surface area contributed by atoms with Crippen LogP contribution in [0.2, 0.25) is 0 Å². The average Bonchev–Trinajstić information content (AvgIpc) is 3.17. The molecule has 0 fully saturated rings. The molecule has 0 aliphatic carbocycles. The van der Waals surface area contributed by atoms with Crippen LogP contribution in [-0.4, -0.2) is 122 Å². The molecule has 61 heavy (non-hydrogen) atoms. The van der Waals surface area contributed by atoms with E-state index in [1.165, 1.54) is 13.8 Å². The van der Waals surface area contributed by atoms with Crippen molar-refractivity contribution in [2.75, 3.05) is 0 Å². The minimum atomic E-state index is -1.87. The molecule has 2 rings (SSSR count). The van der Waals surface area contributed by atoms with Gasteiger partial charge in [0.05, 0.1) is 18.9 Å². The van der Waals surface area contributed by atoms with Gasteiger partial charge in [0, 0.05) is 13.3 Å². The van der Waals surface area contributed by atoms with Gasteiger partial charge in [0.2, 0.25) is 41.4 Å². The Morgan fingerprint density at radius 3 is 1.46 bits per heavy atom. The summed E-state index contributed by atoms with van der Waals surface area (Å²) >= 11 is 0. The number of carbonyl (C=O) groups is 10. The molecule has 7 amide bonds. The largest absolute Gasteiger partial charge is 0.481 e. The highest BCUT2D eigenvalue weighted by Gasteiger charge is 2.36. The van der Waals surface area contributed by atoms with Crippen LogP contribution >= 0.6 is 0 Å². The minimum Gasteiger partial charge on any atom is -0.481 e. The maximum atomic E-state index is 13.6. The zero-order chi connectivity index (χ0) is 46.0. The molecule has 2 aromatic carbocycles. The van der Waals surface area contributed by atoms with Crippen LogP contribution in [0.5, 0.6) is 0 Å². The molecule has 0 heterocycles. The number of nitrogens with one attached hydrogen (secondary N) is 7. The second-order valence-electron chi connectivity index (χ2n) is 14.6. The first-order valence-corrected chi connectivity index (χ1v) is 19.1. The number of benzene rings is 2. The van der Waals surface area contributed by atoms with E-state index in [4.69, 9.17) is 0 Å². The molecule has 2 aromatic rings. The highest BCUT2D eigenvalue weighted by Crippen LogP contribution is 2.14. The maximum Gasteiger partial charge on any atom is 0.326 e. The number of aliphatic hydroxyl groups excluding tert-OH is 1. The van der Waals surface area contributed by atoms with Crippen LogP contribution in [0.4, 0.5) is 0 Å². The summed E-state index contributed by atoms with van der Waals surface area (Å²) in [7, 11) is 0. The molecule has 11 N–H and O–H groups in total. The Hall–Kier alpha value is -6.90. The molecular formula is C40H53N7O14. The van der Waals surface area contributed by atoms with Crippen LogP contribution in [0, 0.1) is 5.92 Å². The van der Waals surface area contributed by atoms with Gasteiger partial charge < -0.3 is 57.6 Å². The van der Waals surface area contributed by atoms with Gasteiger partial charge in [-0.3, -0.25) is 43.2 Å². The van der Waals surface area contributed by atoms with Crippen molar-refractivity contribution in [1.29, 1.82) is 0 Å². The van der Waals surface area contributed by atoms with Gasteiger partial charge in [-0.1, -0.05) is 74.5 Å². The highest BCUT2D eigenvalue weighted by molar-refractivity contribution is 5.99. The normalized spacial score (nSPS) is 14.8. The molecule has 8 atom stereocenters. The number of aliphatic hydroxyl groups is 1. The Morgan fingerprint density at radius 1 is 0.525 bits per heavy atom. The van der Waals surface area contributed by atoms with Gasteiger partial charge in [-0.25, -0.2) is 4.79 Å².